The summed E-state index contributed by atoms with van der Waals surface area (Å²) in [7, 11) is 0. The van der Waals surface area contributed by atoms with Crippen LogP contribution in [0.1, 0.15) is 22.3 Å². The van der Waals surface area contributed by atoms with Gasteiger partial charge in [-0.15, -0.1) is 0 Å². The predicted molar refractivity (Wildman–Crippen MR) is 218 cm³/mol. The Morgan fingerprint density at radius 3 is 1.79 bits per heavy atom. The smallest absolute Gasteiger partial charge is 0.0726 e. The molecular weight excluding hydrogens is 627 g/mol. The Morgan fingerprint density at radius 2 is 0.942 bits per heavy atom. The molecule has 0 amide bonds. The average Bonchev–Trinajstić information content (AvgIpc) is 3.53. The summed E-state index contributed by atoms with van der Waals surface area (Å²) in [5, 5.41) is 5.18. The molecule has 0 heterocycles. The average molecular weight is 660 g/mol. The minimum Gasteiger partial charge on any atom is -0.310 e. The molecular formula is C51H33N. The van der Waals surface area contributed by atoms with Crippen LogP contribution >= 0.6 is 0 Å². The van der Waals surface area contributed by atoms with E-state index in [1.54, 1.807) is 0 Å². The molecule has 0 saturated carbocycles. The minimum absolute atomic E-state index is 0.465. The maximum absolute atomic E-state index is 2.48. The highest BCUT2D eigenvalue weighted by atomic mass is 15.1. The molecule has 0 aliphatic heterocycles. The van der Waals surface area contributed by atoms with Crippen molar-refractivity contribution >= 4 is 38.6 Å². The van der Waals surface area contributed by atoms with Crippen molar-refractivity contribution < 1.29 is 0 Å². The Hall–Kier alpha value is -6.70. The summed E-state index contributed by atoms with van der Waals surface area (Å²) in [6, 6.07) is 74.0. The molecule has 11 rings (SSSR count). The maximum atomic E-state index is 2.48. The van der Waals surface area contributed by atoms with Gasteiger partial charge in [-0.25, -0.2) is 0 Å². The molecule has 242 valence electrons. The van der Waals surface area contributed by atoms with Gasteiger partial charge in [0.15, 0.2) is 0 Å². The van der Waals surface area contributed by atoms with Gasteiger partial charge in [0.2, 0.25) is 0 Å². The molecule has 0 spiro atoms. The SMILES string of the molecule is c1ccc(N(c2ccc(-c3cccc4ccccc34)cc2)c2ccc3c(c2)C2(c4ccccc4)c4ccccc4-c4cccc5ccc-3c2c45)cc1. The van der Waals surface area contributed by atoms with Crippen molar-refractivity contribution in [2.24, 2.45) is 0 Å². The summed E-state index contributed by atoms with van der Waals surface area (Å²) >= 11 is 0. The molecule has 52 heavy (non-hydrogen) atoms. The molecule has 1 atom stereocenters. The lowest BCUT2D eigenvalue weighted by molar-refractivity contribution is 0.773. The van der Waals surface area contributed by atoms with Crippen LogP contribution in [0.15, 0.2) is 200 Å². The van der Waals surface area contributed by atoms with Gasteiger partial charge in [-0.3, -0.25) is 0 Å². The highest BCUT2D eigenvalue weighted by Gasteiger charge is 2.50. The van der Waals surface area contributed by atoms with E-state index in [2.05, 4.69) is 205 Å². The maximum Gasteiger partial charge on any atom is 0.0726 e. The van der Waals surface area contributed by atoms with E-state index in [1.165, 1.54) is 77.2 Å². The number of nitrogens with zero attached hydrogens (tertiary/aromatic N) is 1. The summed E-state index contributed by atoms with van der Waals surface area (Å²) in [5.74, 6) is 0. The van der Waals surface area contributed by atoms with Crippen LogP contribution in [0.2, 0.25) is 0 Å². The molecule has 1 unspecified atom stereocenters. The topological polar surface area (TPSA) is 3.24 Å². The number of fused-ring (bicyclic) bond motifs is 7. The van der Waals surface area contributed by atoms with E-state index in [0.29, 0.717) is 0 Å². The Kier molecular flexibility index (Phi) is 6.23. The van der Waals surface area contributed by atoms with E-state index < -0.39 is 5.41 Å². The lowest BCUT2D eigenvalue weighted by Gasteiger charge is -2.40. The zero-order valence-corrected chi connectivity index (χ0v) is 28.5. The first kappa shape index (κ1) is 29.1. The van der Waals surface area contributed by atoms with E-state index in [-0.39, 0.29) is 0 Å². The van der Waals surface area contributed by atoms with Crippen molar-refractivity contribution in [1.29, 1.82) is 0 Å². The van der Waals surface area contributed by atoms with Gasteiger partial charge in [-0.2, -0.15) is 0 Å². The van der Waals surface area contributed by atoms with Crippen LogP contribution < -0.4 is 4.90 Å². The molecule has 1 nitrogen and oxygen atoms in total. The highest BCUT2D eigenvalue weighted by molar-refractivity contribution is 6.11. The fraction of sp³-hybridized carbons (Fsp3) is 0.0196. The molecule has 9 aromatic carbocycles. The molecule has 0 aromatic heterocycles. The molecule has 0 radical (unpaired) electrons. The summed E-state index contributed by atoms with van der Waals surface area (Å²) in [6.45, 7) is 0. The highest BCUT2D eigenvalue weighted by Crippen LogP contribution is 2.63. The minimum atomic E-state index is -0.465. The summed E-state index contributed by atoms with van der Waals surface area (Å²) in [6.07, 6.45) is 0. The van der Waals surface area contributed by atoms with Crippen molar-refractivity contribution in [2.75, 3.05) is 4.90 Å². The van der Waals surface area contributed by atoms with Crippen LogP contribution in [0.4, 0.5) is 17.1 Å². The van der Waals surface area contributed by atoms with E-state index in [1.807, 2.05) is 0 Å². The van der Waals surface area contributed by atoms with Gasteiger partial charge >= 0.3 is 0 Å². The van der Waals surface area contributed by atoms with E-state index in [0.717, 1.165) is 17.1 Å². The Balaban J connectivity index is 1.16. The Morgan fingerprint density at radius 1 is 0.346 bits per heavy atom. The summed E-state index contributed by atoms with van der Waals surface area (Å²) in [4.78, 5) is 2.41. The molecule has 0 N–H and O–H groups in total. The fourth-order valence-corrected chi connectivity index (χ4v) is 9.33. The molecule has 2 aliphatic rings. The standard InChI is InChI=1S/C51H33N/c1-3-16-37(17-4-1)51-47-24-10-9-21-43(47)45-23-12-15-36-27-31-46(50(51)49(36)45)44-32-30-40(33-48(44)51)52(38-18-5-2-6-19-38)39-28-25-35(26-29-39)42-22-11-14-34-13-7-8-20-41(34)42/h1-33H. The number of para-hydroxylation sites is 1. The largest absolute Gasteiger partial charge is 0.310 e. The fourth-order valence-electron chi connectivity index (χ4n) is 9.33. The zero-order chi connectivity index (χ0) is 34.2. The van der Waals surface area contributed by atoms with Crippen LogP contribution in [0, 0.1) is 0 Å². The van der Waals surface area contributed by atoms with E-state index in [9.17, 15) is 0 Å². The molecule has 0 bridgehead atoms. The van der Waals surface area contributed by atoms with Crippen LogP contribution in [-0.2, 0) is 5.41 Å². The van der Waals surface area contributed by atoms with Crippen LogP contribution in [0.25, 0.3) is 54.9 Å². The second-order valence-corrected chi connectivity index (χ2v) is 14.0. The van der Waals surface area contributed by atoms with Gasteiger partial charge in [-0.05, 0) is 114 Å². The monoisotopic (exact) mass is 659 g/mol. The van der Waals surface area contributed by atoms with Crippen molar-refractivity contribution in [3.8, 4) is 33.4 Å². The van der Waals surface area contributed by atoms with Gasteiger partial charge in [-0.1, -0.05) is 164 Å². The predicted octanol–water partition coefficient (Wildman–Crippen LogP) is 13.5. The lowest BCUT2D eigenvalue weighted by atomic mass is 9.62. The molecule has 9 aromatic rings. The third-order valence-corrected chi connectivity index (χ3v) is 11.4. The number of hydrogen-bond donors (Lipinski definition) is 0. The molecule has 0 saturated heterocycles. The first-order chi connectivity index (χ1) is 25.8. The lowest BCUT2D eigenvalue weighted by Crippen LogP contribution is -2.31. The zero-order valence-electron chi connectivity index (χ0n) is 28.5. The number of rotatable bonds is 5. The molecule has 1 heteroatoms. The molecule has 0 fully saturated rings. The second kappa shape index (κ2) is 11.2. The second-order valence-electron chi connectivity index (χ2n) is 14.0. The van der Waals surface area contributed by atoms with Crippen molar-refractivity contribution in [2.45, 2.75) is 5.41 Å². The van der Waals surface area contributed by atoms with E-state index >= 15 is 0 Å². The Bertz CT molecular complexity index is 2830. The normalized spacial score (nSPS) is 15.0. The van der Waals surface area contributed by atoms with Gasteiger partial charge in [0.1, 0.15) is 0 Å². The van der Waals surface area contributed by atoms with Gasteiger partial charge in [0.25, 0.3) is 0 Å². The summed E-state index contributed by atoms with van der Waals surface area (Å²) < 4.78 is 0. The van der Waals surface area contributed by atoms with Gasteiger partial charge in [0, 0.05) is 17.1 Å². The van der Waals surface area contributed by atoms with Crippen LogP contribution in [-0.4, -0.2) is 0 Å². The first-order valence-electron chi connectivity index (χ1n) is 18.1. The quantitative estimate of drug-likeness (QED) is 0.178. The van der Waals surface area contributed by atoms with Crippen LogP contribution in [0.5, 0.6) is 0 Å². The van der Waals surface area contributed by atoms with Crippen molar-refractivity contribution in [3.63, 3.8) is 0 Å². The van der Waals surface area contributed by atoms with Crippen molar-refractivity contribution in [1.82, 2.24) is 0 Å². The van der Waals surface area contributed by atoms with E-state index in [4.69, 9.17) is 0 Å². The Labute approximate surface area is 303 Å². The molecule has 2 aliphatic carbocycles. The van der Waals surface area contributed by atoms with Crippen LogP contribution in [0.3, 0.4) is 0 Å². The third kappa shape index (κ3) is 3.99. The number of benzene rings is 9. The number of hydrogen-bond acceptors (Lipinski definition) is 1. The van der Waals surface area contributed by atoms with Gasteiger partial charge < -0.3 is 4.90 Å². The van der Waals surface area contributed by atoms with Gasteiger partial charge in [0.05, 0.1) is 5.41 Å². The van der Waals surface area contributed by atoms with Crippen molar-refractivity contribution in [3.05, 3.63) is 222 Å². The first-order valence-corrected chi connectivity index (χ1v) is 18.1. The summed E-state index contributed by atoms with van der Waals surface area (Å²) in [5.41, 5.74) is 16.0. The third-order valence-electron chi connectivity index (χ3n) is 11.4. The number of anilines is 3.